The van der Waals surface area contributed by atoms with Crippen LogP contribution < -0.4 is 14.5 Å². The van der Waals surface area contributed by atoms with Gasteiger partial charge in [0.05, 0.1) is 0 Å². The van der Waals surface area contributed by atoms with Gasteiger partial charge in [0.2, 0.25) is 0 Å². The normalized spacial score (nSPS) is 13.5. The van der Waals surface area contributed by atoms with Crippen molar-refractivity contribution in [2.45, 2.75) is 57.8 Å². The van der Waals surface area contributed by atoms with Gasteiger partial charge < -0.3 is 19.1 Å². The minimum Gasteiger partial charge on any atom is -0.509 e. The molecule has 3 heterocycles. The Morgan fingerprint density at radius 2 is 1.02 bits per heavy atom. The first-order chi connectivity index (χ1) is 38.9. The maximum absolute atomic E-state index is 7.33. The third-order valence-corrected chi connectivity index (χ3v) is 16.4. The number of rotatable bonds is 9. The molecule has 0 spiro atoms. The number of anilines is 4. The zero-order valence-corrected chi connectivity index (χ0v) is 48.5. The average molecular weight is 1230 g/mol. The Kier molecular flexibility index (Phi) is 12.8. The summed E-state index contributed by atoms with van der Waals surface area (Å²) in [5, 5.41) is 2.19. The number of nitrogens with zero attached hydrogens (tertiary/aromatic N) is 4. The number of ether oxygens (including phenoxy) is 1. The standard InChI is InChI=1S/C75H59N4O.Pt/c1-73(2,3)52-36-38-53(39-37-52)75(65-31-16-13-26-61(65)62-27-14-17-32-66(62)75)55-44-56(47-58(45-55)80-57-40-41-64-63-28-15-18-33-67(63)79(70(64)48-57)71-46-54(42-43-76-71)74(4,5)6)77-49-78(69-35-20-19-34-68(69)77)72-59(50-22-9-7-10-23-50)29-21-30-60(72)51-24-11-8-12-25-51;/h7-46,49H,1-6H3;/q-3;. The first-order valence-electron chi connectivity index (χ1n) is 27.7. The SMILES string of the molecule is CC(C)(C)c1ccc(C2(c3cc(Oc4[c-]c5c(cc4)c4ccccc4n5-c4cc(C(C)(C)C)ccn4)[c-]c(N4[CH-]N(c5c(-c6ccccc6)cccc5-c5ccccc5)c5ccccc54)c3)c3ccccc3-c3ccccc32)cc1.[Pt]. The van der Waals surface area contributed by atoms with Gasteiger partial charge in [0.1, 0.15) is 5.82 Å². The molecule has 10 aromatic carbocycles. The number of hydrogen-bond donors (Lipinski definition) is 0. The zero-order chi connectivity index (χ0) is 54.3. The van der Waals surface area contributed by atoms with Crippen LogP contribution in [0.3, 0.4) is 0 Å². The molecule has 81 heavy (non-hydrogen) atoms. The van der Waals surface area contributed by atoms with Gasteiger partial charge in [0.25, 0.3) is 0 Å². The van der Waals surface area contributed by atoms with E-state index in [0.717, 1.165) is 78.2 Å². The van der Waals surface area contributed by atoms with E-state index in [4.69, 9.17) is 9.72 Å². The molecule has 0 amide bonds. The maximum atomic E-state index is 7.33. The predicted molar refractivity (Wildman–Crippen MR) is 330 cm³/mol. The summed E-state index contributed by atoms with van der Waals surface area (Å²) >= 11 is 0. The molecule has 6 heteroatoms. The summed E-state index contributed by atoms with van der Waals surface area (Å²) in [4.78, 5) is 9.65. The van der Waals surface area contributed by atoms with Crippen LogP contribution in [0.1, 0.15) is 74.9 Å². The first kappa shape index (κ1) is 51.7. The molecule has 0 saturated carbocycles. The molecule has 0 unspecified atom stereocenters. The minimum atomic E-state index is -0.755. The summed E-state index contributed by atoms with van der Waals surface area (Å²) in [5.41, 5.74) is 19.2. The van der Waals surface area contributed by atoms with Gasteiger partial charge in [-0.1, -0.05) is 229 Å². The number of fused-ring (bicyclic) bond motifs is 7. The molecule has 0 atom stereocenters. The minimum absolute atomic E-state index is 0. The summed E-state index contributed by atoms with van der Waals surface area (Å²) in [6.07, 6.45) is 1.92. The second-order valence-electron chi connectivity index (χ2n) is 23.3. The summed E-state index contributed by atoms with van der Waals surface area (Å²) in [6.45, 7) is 15.8. The topological polar surface area (TPSA) is 33.5 Å². The van der Waals surface area contributed by atoms with E-state index in [9.17, 15) is 0 Å². The van der Waals surface area contributed by atoms with Crippen LogP contribution in [0.25, 0.3) is 61.0 Å². The van der Waals surface area contributed by atoms with Crippen molar-refractivity contribution in [3.63, 3.8) is 0 Å². The molecule has 0 fully saturated rings. The second kappa shape index (κ2) is 20.1. The van der Waals surface area contributed by atoms with E-state index in [-0.39, 0.29) is 31.9 Å². The van der Waals surface area contributed by atoms with Crippen LogP contribution in [-0.4, -0.2) is 9.55 Å². The van der Waals surface area contributed by atoms with E-state index in [0.29, 0.717) is 11.5 Å². The van der Waals surface area contributed by atoms with Crippen LogP contribution in [-0.2, 0) is 37.3 Å². The molecular weight excluding hydrogens is 1170 g/mol. The fourth-order valence-electron chi connectivity index (χ4n) is 12.5. The molecule has 0 saturated heterocycles. The van der Waals surface area contributed by atoms with E-state index in [1.54, 1.807) is 0 Å². The summed E-state index contributed by atoms with van der Waals surface area (Å²) < 4.78 is 9.55. The fourth-order valence-corrected chi connectivity index (χ4v) is 12.5. The first-order valence-corrected chi connectivity index (χ1v) is 27.7. The van der Waals surface area contributed by atoms with Gasteiger partial charge >= 0.3 is 0 Å². The van der Waals surface area contributed by atoms with Crippen molar-refractivity contribution in [2.24, 2.45) is 0 Å². The molecule has 1 aliphatic heterocycles. The summed E-state index contributed by atoms with van der Waals surface area (Å²) in [7, 11) is 0. The third kappa shape index (κ3) is 8.69. The summed E-state index contributed by atoms with van der Waals surface area (Å²) in [6, 6.07) is 93.3. The van der Waals surface area contributed by atoms with Gasteiger partial charge in [-0.15, -0.1) is 53.6 Å². The predicted octanol–water partition coefficient (Wildman–Crippen LogP) is 19.3. The van der Waals surface area contributed by atoms with Crippen molar-refractivity contribution in [2.75, 3.05) is 9.80 Å². The van der Waals surface area contributed by atoms with Crippen molar-refractivity contribution in [3.8, 4) is 50.7 Å². The Morgan fingerprint density at radius 1 is 0.457 bits per heavy atom. The quantitative estimate of drug-likeness (QED) is 0.135. The van der Waals surface area contributed by atoms with E-state index in [1.165, 1.54) is 38.9 Å². The number of para-hydroxylation sites is 4. The van der Waals surface area contributed by atoms with Crippen molar-refractivity contribution >= 4 is 44.6 Å². The number of hydrogen-bond acceptors (Lipinski definition) is 4. The Labute approximate surface area is 490 Å². The Bertz CT molecular complexity index is 4240. The van der Waals surface area contributed by atoms with E-state index < -0.39 is 5.41 Å². The van der Waals surface area contributed by atoms with Crippen LogP contribution >= 0.6 is 0 Å². The third-order valence-electron chi connectivity index (χ3n) is 16.4. The van der Waals surface area contributed by atoms with Gasteiger partial charge in [-0.2, -0.15) is 6.07 Å². The van der Waals surface area contributed by atoms with Crippen LogP contribution in [0.15, 0.2) is 243 Å². The van der Waals surface area contributed by atoms with Gasteiger partial charge in [-0.3, -0.25) is 0 Å². The molecule has 2 aliphatic rings. The van der Waals surface area contributed by atoms with Crippen molar-refractivity contribution in [1.29, 1.82) is 0 Å². The van der Waals surface area contributed by atoms with Crippen molar-refractivity contribution in [1.82, 2.24) is 9.55 Å². The Balaban J connectivity index is 0.00000618. The molecule has 5 nitrogen and oxygen atoms in total. The molecule has 14 rings (SSSR count). The number of aromatic nitrogens is 2. The Hall–Kier alpha value is -8.76. The maximum Gasteiger partial charge on any atom is 0.135 e. The van der Waals surface area contributed by atoms with Gasteiger partial charge in [-0.05, 0) is 96.6 Å². The molecule has 0 radical (unpaired) electrons. The monoisotopic (exact) mass is 1230 g/mol. The van der Waals surface area contributed by atoms with Crippen LogP contribution in [0, 0.1) is 18.8 Å². The van der Waals surface area contributed by atoms with E-state index in [2.05, 4.69) is 305 Å². The van der Waals surface area contributed by atoms with Gasteiger partial charge in [-0.25, -0.2) is 4.98 Å². The number of pyridine rings is 1. The van der Waals surface area contributed by atoms with Crippen LogP contribution in [0.2, 0.25) is 0 Å². The molecule has 12 aromatic rings. The van der Waals surface area contributed by atoms with Crippen LogP contribution in [0.4, 0.5) is 22.7 Å². The molecular formula is C75H59N4OPt-3. The van der Waals surface area contributed by atoms with E-state index in [1.807, 2.05) is 12.3 Å². The van der Waals surface area contributed by atoms with E-state index >= 15 is 0 Å². The largest absolute Gasteiger partial charge is 0.509 e. The van der Waals surface area contributed by atoms with Crippen molar-refractivity contribution < 1.29 is 25.8 Å². The number of benzene rings is 10. The second-order valence-corrected chi connectivity index (χ2v) is 23.3. The van der Waals surface area contributed by atoms with Gasteiger partial charge in [0, 0.05) is 77.9 Å². The zero-order valence-electron chi connectivity index (χ0n) is 46.2. The fraction of sp³-hybridized carbons (Fsp3) is 0.120. The molecule has 0 bridgehead atoms. The Morgan fingerprint density at radius 3 is 1.67 bits per heavy atom. The molecule has 0 N–H and O–H groups in total. The molecule has 398 valence electrons. The van der Waals surface area contributed by atoms with Gasteiger partial charge in [0.15, 0.2) is 0 Å². The average Bonchev–Trinajstić information content (AvgIpc) is 4.35. The van der Waals surface area contributed by atoms with Crippen molar-refractivity contribution in [3.05, 3.63) is 295 Å². The molecule has 1 aliphatic carbocycles. The summed E-state index contributed by atoms with van der Waals surface area (Å²) in [5.74, 6) is 1.97. The smallest absolute Gasteiger partial charge is 0.135 e. The van der Waals surface area contributed by atoms with Crippen LogP contribution in [0.5, 0.6) is 11.5 Å². The molecule has 2 aromatic heterocycles.